The molecule has 0 aliphatic carbocycles. The molecule has 176 valence electrons. The molecule has 3 aromatic heterocycles. The van der Waals surface area contributed by atoms with Crippen molar-refractivity contribution in [1.82, 2.24) is 19.7 Å². The van der Waals surface area contributed by atoms with Crippen LogP contribution in [0.25, 0.3) is 5.65 Å². The first-order valence-corrected chi connectivity index (χ1v) is 10.3. The molecule has 0 saturated heterocycles. The summed E-state index contributed by atoms with van der Waals surface area (Å²) in [5.74, 6) is -1.86. The molecule has 2 amide bonds. The minimum absolute atomic E-state index is 0.0881. The Morgan fingerprint density at radius 3 is 2.37 bits per heavy atom. The lowest BCUT2D eigenvalue weighted by atomic mass is 9.49. The molecule has 0 bridgehead atoms. The van der Waals surface area contributed by atoms with E-state index >= 15 is 0 Å². The van der Waals surface area contributed by atoms with Gasteiger partial charge in [0.25, 0.3) is 11.8 Å². The van der Waals surface area contributed by atoms with Crippen molar-refractivity contribution in [2.45, 2.75) is 43.7 Å². The third-order valence-electron chi connectivity index (χ3n) is 4.73. The maximum atomic E-state index is 13.0. The van der Waals surface area contributed by atoms with E-state index in [-0.39, 0.29) is 11.3 Å². The molecule has 0 saturated carbocycles. The SMILES string of the molecule is [B]C([B])([B])NC(=O)c1cc2nc(CCC(C)(C)O)cn2cc1NC(=O)c1cccc(C(F)(F)F)n1. The summed E-state index contributed by atoms with van der Waals surface area (Å²) in [7, 11) is 16.3. The van der Waals surface area contributed by atoms with Gasteiger partial charge in [0.05, 0.1) is 46.1 Å². The number of rotatable bonds is 7. The lowest BCUT2D eigenvalue weighted by Gasteiger charge is -2.23. The van der Waals surface area contributed by atoms with Crippen molar-refractivity contribution < 1.29 is 27.9 Å². The number of aryl methyl sites for hydroxylation is 1. The van der Waals surface area contributed by atoms with E-state index in [0.717, 1.165) is 18.2 Å². The van der Waals surface area contributed by atoms with Gasteiger partial charge in [-0.05, 0) is 44.9 Å². The summed E-state index contributed by atoms with van der Waals surface area (Å²) in [6, 6.07) is 4.19. The zero-order valence-corrected chi connectivity index (χ0v) is 18.8. The molecule has 0 atom stereocenters. The van der Waals surface area contributed by atoms with Crippen LogP contribution in [0.5, 0.6) is 0 Å². The van der Waals surface area contributed by atoms with Crippen molar-refractivity contribution in [2.24, 2.45) is 0 Å². The Morgan fingerprint density at radius 1 is 1.09 bits per heavy atom. The molecule has 3 aromatic rings. The summed E-state index contributed by atoms with van der Waals surface area (Å²) < 4.78 is 40.5. The van der Waals surface area contributed by atoms with E-state index in [1.165, 1.54) is 16.7 Å². The molecule has 14 heteroatoms. The Morgan fingerprint density at radius 2 is 1.77 bits per heavy atom. The number of amides is 2. The van der Waals surface area contributed by atoms with Gasteiger partial charge in [0, 0.05) is 12.4 Å². The fourth-order valence-corrected chi connectivity index (χ4v) is 3.10. The molecular weight excluding hydrogens is 460 g/mol. The van der Waals surface area contributed by atoms with E-state index in [0.29, 0.717) is 24.2 Å². The summed E-state index contributed by atoms with van der Waals surface area (Å²) >= 11 is 0. The third kappa shape index (κ3) is 7.11. The first-order chi connectivity index (χ1) is 16.0. The number of pyridine rings is 2. The van der Waals surface area contributed by atoms with E-state index in [1.807, 2.05) is 0 Å². The predicted molar refractivity (Wildman–Crippen MR) is 124 cm³/mol. The van der Waals surface area contributed by atoms with E-state index in [1.54, 1.807) is 20.0 Å². The van der Waals surface area contributed by atoms with Gasteiger partial charge < -0.3 is 20.1 Å². The van der Waals surface area contributed by atoms with Crippen LogP contribution in [-0.2, 0) is 12.6 Å². The maximum Gasteiger partial charge on any atom is 0.433 e. The lowest BCUT2D eigenvalue weighted by molar-refractivity contribution is -0.141. The number of aliphatic hydroxyl groups is 1. The van der Waals surface area contributed by atoms with Crippen LogP contribution in [0.15, 0.2) is 36.7 Å². The van der Waals surface area contributed by atoms with Crippen LogP contribution < -0.4 is 10.6 Å². The number of alkyl halides is 3. The number of imidazole rings is 1. The Hall–Kier alpha value is -3.28. The van der Waals surface area contributed by atoms with Crippen molar-refractivity contribution in [3.8, 4) is 0 Å². The highest BCUT2D eigenvalue weighted by Crippen LogP contribution is 2.28. The first kappa shape index (κ1) is 26.3. The zero-order valence-electron chi connectivity index (χ0n) is 18.8. The van der Waals surface area contributed by atoms with Crippen LogP contribution in [0.4, 0.5) is 18.9 Å². The second kappa shape index (κ2) is 9.41. The van der Waals surface area contributed by atoms with Crippen molar-refractivity contribution >= 4 is 46.7 Å². The predicted octanol–water partition coefficient (Wildman–Crippen LogP) is 1.55. The summed E-state index contributed by atoms with van der Waals surface area (Å²) in [5.41, 5.74) is -2.03. The van der Waals surface area contributed by atoms with Gasteiger partial charge in [-0.2, -0.15) is 13.2 Å². The van der Waals surface area contributed by atoms with Gasteiger partial charge in [-0.25, -0.2) is 9.97 Å². The van der Waals surface area contributed by atoms with Crippen molar-refractivity contribution in [3.05, 3.63) is 59.3 Å². The van der Waals surface area contributed by atoms with Crippen LogP contribution in [0.2, 0.25) is 0 Å². The highest BCUT2D eigenvalue weighted by atomic mass is 19.4. The lowest BCUT2D eigenvalue weighted by Crippen LogP contribution is -2.50. The number of anilines is 1. The van der Waals surface area contributed by atoms with E-state index in [4.69, 9.17) is 23.5 Å². The smallest absolute Gasteiger partial charge is 0.390 e. The quantitative estimate of drug-likeness (QED) is 0.447. The number of nitrogens with zero attached hydrogens (tertiary/aromatic N) is 3. The molecule has 3 N–H and O–H groups in total. The fraction of sp³-hybridized carbons (Fsp3) is 0.333. The van der Waals surface area contributed by atoms with Gasteiger partial charge in [0.2, 0.25) is 0 Å². The number of hydrogen-bond acceptors (Lipinski definition) is 5. The number of fused-ring (bicyclic) bond motifs is 1. The number of carbonyl (C=O) groups excluding carboxylic acids is 2. The van der Waals surface area contributed by atoms with E-state index < -0.39 is 40.2 Å². The molecule has 0 fully saturated rings. The number of nitrogens with one attached hydrogen (secondary N) is 2. The third-order valence-corrected chi connectivity index (χ3v) is 4.73. The van der Waals surface area contributed by atoms with E-state index in [9.17, 15) is 27.9 Å². The van der Waals surface area contributed by atoms with Crippen LogP contribution >= 0.6 is 0 Å². The van der Waals surface area contributed by atoms with Gasteiger partial charge >= 0.3 is 6.18 Å². The normalized spacial score (nSPS) is 12.5. The zero-order chi connectivity index (χ0) is 26.2. The Labute approximate surface area is 202 Å². The highest BCUT2D eigenvalue weighted by Gasteiger charge is 2.33. The van der Waals surface area contributed by atoms with Crippen LogP contribution in [-0.4, -0.2) is 65.7 Å². The van der Waals surface area contributed by atoms with Gasteiger partial charge in [0.15, 0.2) is 0 Å². The average Bonchev–Trinajstić information content (AvgIpc) is 3.11. The minimum atomic E-state index is -4.75. The van der Waals surface area contributed by atoms with Gasteiger partial charge in [-0.3, -0.25) is 9.59 Å². The van der Waals surface area contributed by atoms with Gasteiger partial charge in [-0.15, -0.1) is 0 Å². The Balaban J connectivity index is 2.00. The largest absolute Gasteiger partial charge is 0.433 e. The molecule has 0 unspecified atom stereocenters. The van der Waals surface area contributed by atoms with Gasteiger partial charge in [-0.1, -0.05) is 11.3 Å². The second-order valence-electron chi connectivity index (χ2n) is 8.66. The molecule has 0 aliphatic heterocycles. The Kier molecular flexibility index (Phi) is 7.08. The van der Waals surface area contributed by atoms with Crippen molar-refractivity contribution in [2.75, 3.05) is 5.32 Å². The molecule has 35 heavy (non-hydrogen) atoms. The second-order valence-corrected chi connectivity index (χ2v) is 8.66. The molecule has 0 spiro atoms. The molecular formula is C21H19B3F3N5O3. The van der Waals surface area contributed by atoms with Crippen molar-refractivity contribution in [3.63, 3.8) is 0 Å². The molecule has 8 nitrogen and oxygen atoms in total. The molecule has 3 rings (SSSR count). The number of aromatic nitrogens is 3. The fourth-order valence-electron chi connectivity index (χ4n) is 3.10. The monoisotopic (exact) mass is 479 g/mol. The van der Waals surface area contributed by atoms with Crippen LogP contribution in [0, 0.1) is 0 Å². The topological polar surface area (TPSA) is 109 Å². The Bertz CT molecular complexity index is 1270. The summed E-state index contributed by atoms with van der Waals surface area (Å²) in [5, 5.41) is 12.4. The molecule has 6 radical (unpaired) electrons. The average molecular weight is 479 g/mol. The highest BCUT2D eigenvalue weighted by molar-refractivity contribution is 6.60. The summed E-state index contributed by atoms with van der Waals surface area (Å²) in [6.07, 6.45) is -0.948. The standard InChI is InChI=1S/C21H19B3F3N5O3/c1-19(2,35)7-6-11-9-32-10-14(12(8-16(32)28-11)17(33)31-21(22,23)24)30-18(34)13-4-3-5-15(29-13)20(25,26)27/h3-5,8-10,35H,6-7H2,1-2H3,(H,30,34)(H,31,33). The number of hydrogen-bond donors (Lipinski definition) is 3. The van der Waals surface area contributed by atoms with Gasteiger partial charge in [0.1, 0.15) is 17.0 Å². The minimum Gasteiger partial charge on any atom is -0.390 e. The number of halogens is 3. The van der Waals surface area contributed by atoms with Crippen LogP contribution in [0.3, 0.4) is 0 Å². The summed E-state index contributed by atoms with van der Waals surface area (Å²) in [4.78, 5) is 33.2. The number of carbonyl (C=O) groups is 2. The van der Waals surface area contributed by atoms with Crippen molar-refractivity contribution in [1.29, 1.82) is 0 Å². The summed E-state index contributed by atoms with van der Waals surface area (Å²) in [6.45, 7) is 3.30. The molecule has 3 heterocycles. The molecule has 0 aromatic carbocycles. The van der Waals surface area contributed by atoms with E-state index in [2.05, 4.69) is 20.6 Å². The van der Waals surface area contributed by atoms with Crippen LogP contribution in [0.1, 0.15) is 52.5 Å². The first-order valence-electron chi connectivity index (χ1n) is 10.3. The maximum absolute atomic E-state index is 13.0. The molecule has 0 aliphatic rings.